The maximum absolute atomic E-state index is 12.0. The third-order valence-corrected chi connectivity index (χ3v) is 4.15. The van der Waals surface area contributed by atoms with Crippen molar-refractivity contribution in [1.82, 2.24) is 9.88 Å². The molecule has 0 saturated carbocycles. The number of nitrogens with one attached hydrogen (secondary N) is 2. The van der Waals surface area contributed by atoms with Crippen molar-refractivity contribution in [3.63, 3.8) is 0 Å². The molecule has 1 saturated heterocycles. The second kappa shape index (κ2) is 5.67. The smallest absolute Gasteiger partial charge is 0.257 e. The van der Waals surface area contributed by atoms with Gasteiger partial charge < -0.3 is 15.2 Å². The molecule has 106 valence electrons. The second-order valence-corrected chi connectivity index (χ2v) is 5.45. The summed E-state index contributed by atoms with van der Waals surface area (Å²) in [5.74, 6) is 0.837. The molecular weight excluding hydrogens is 250 g/mol. The molecule has 0 bridgehead atoms. The van der Waals surface area contributed by atoms with Crippen molar-refractivity contribution in [1.29, 1.82) is 0 Å². The van der Waals surface area contributed by atoms with Crippen LogP contribution in [-0.2, 0) is 0 Å². The number of hydrogen-bond acceptors (Lipinski definition) is 3. The van der Waals surface area contributed by atoms with Gasteiger partial charge in [0.05, 0.1) is 0 Å². The molecule has 0 spiro atoms. The van der Waals surface area contributed by atoms with Gasteiger partial charge >= 0.3 is 0 Å². The van der Waals surface area contributed by atoms with E-state index >= 15 is 0 Å². The molecule has 20 heavy (non-hydrogen) atoms. The Bertz CT molecular complexity index is 641. The number of benzene rings is 1. The number of anilines is 1. The Kier molecular flexibility index (Phi) is 3.74. The summed E-state index contributed by atoms with van der Waals surface area (Å²) in [6, 6.07) is 10.2. The Morgan fingerprint density at radius 2 is 2.05 bits per heavy atom. The topological polar surface area (TPSA) is 48.1 Å². The normalized spacial score (nSPS) is 17.4. The lowest BCUT2D eigenvalue weighted by Crippen LogP contribution is -2.39. The number of nitrogens with zero attached hydrogens (tertiary/aromatic N) is 1. The number of aromatic amines is 1. The lowest BCUT2D eigenvalue weighted by Gasteiger charge is -2.31. The summed E-state index contributed by atoms with van der Waals surface area (Å²) in [7, 11) is 0. The van der Waals surface area contributed by atoms with Crippen LogP contribution in [0.25, 0.3) is 10.8 Å². The molecule has 0 aliphatic carbocycles. The predicted octanol–water partition coefficient (Wildman–Crippen LogP) is 2.42. The highest BCUT2D eigenvalue weighted by Gasteiger charge is 2.18. The van der Waals surface area contributed by atoms with Crippen LogP contribution >= 0.6 is 0 Å². The number of hydrogen-bond donors (Lipinski definition) is 2. The van der Waals surface area contributed by atoms with E-state index in [-0.39, 0.29) is 5.56 Å². The van der Waals surface area contributed by atoms with Crippen LogP contribution in [0.2, 0.25) is 0 Å². The summed E-state index contributed by atoms with van der Waals surface area (Å²) in [5, 5.41) is 5.22. The Morgan fingerprint density at radius 3 is 2.80 bits per heavy atom. The Labute approximate surface area is 118 Å². The molecule has 0 radical (unpaired) electrons. The molecule has 4 heteroatoms. The van der Waals surface area contributed by atoms with Crippen molar-refractivity contribution >= 4 is 16.6 Å². The number of pyridine rings is 1. The highest BCUT2D eigenvalue weighted by Crippen LogP contribution is 2.17. The largest absolute Gasteiger partial charge is 0.369 e. The standard InChI is InChI=1S/C16H21N3O/c1-2-19-9-7-13(8-10-19)17-15-11-12-5-3-4-6-14(12)16(20)18-15/h3-6,11,13H,2,7-10H2,1H3,(H2,17,18,20). The minimum Gasteiger partial charge on any atom is -0.369 e. The summed E-state index contributed by atoms with van der Waals surface area (Å²) in [6.45, 7) is 5.59. The molecule has 1 aromatic carbocycles. The lowest BCUT2D eigenvalue weighted by atomic mass is 10.0. The number of aromatic nitrogens is 1. The molecule has 1 fully saturated rings. The van der Waals surface area contributed by atoms with E-state index in [1.165, 1.54) is 0 Å². The first-order valence-corrected chi connectivity index (χ1v) is 7.37. The number of likely N-dealkylation sites (tertiary alicyclic amines) is 1. The highest BCUT2D eigenvalue weighted by atomic mass is 16.1. The van der Waals surface area contributed by atoms with Crippen LogP contribution in [0.4, 0.5) is 5.82 Å². The fourth-order valence-corrected chi connectivity index (χ4v) is 2.90. The van der Waals surface area contributed by atoms with Gasteiger partial charge in [0.1, 0.15) is 5.82 Å². The fraction of sp³-hybridized carbons (Fsp3) is 0.438. The summed E-state index contributed by atoms with van der Waals surface area (Å²) >= 11 is 0. The molecule has 0 atom stereocenters. The third-order valence-electron chi connectivity index (χ3n) is 4.15. The van der Waals surface area contributed by atoms with Crippen LogP contribution < -0.4 is 10.9 Å². The van der Waals surface area contributed by atoms with Crippen LogP contribution in [0.3, 0.4) is 0 Å². The summed E-state index contributed by atoms with van der Waals surface area (Å²) in [5.41, 5.74) is -0.0170. The van der Waals surface area contributed by atoms with Crippen molar-refractivity contribution in [2.45, 2.75) is 25.8 Å². The van der Waals surface area contributed by atoms with Crippen molar-refractivity contribution in [2.24, 2.45) is 0 Å². The first kappa shape index (κ1) is 13.2. The van der Waals surface area contributed by atoms with Crippen molar-refractivity contribution in [2.75, 3.05) is 25.0 Å². The summed E-state index contributed by atoms with van der Waals surface area (Å²) < 4.78 is 0. The zero-order valence-corrected chi connectivity index (χ0v) is 11.9. The van der Waals surface area contributed by atoms with Gasteiger partial charge in [-0.05, 0) is 36.9 Å². The number of piperidine rings is 1. The second-order valence-electron chi connectivity index (χ2n) is 5.45. The van der Waals surface area contributed by atoms with E-state index in [2.05, 4.69) is 22.1 Å². The van der Waals surface area contributed by atoms with E-state index in [9.17, 15) is 4.79 Å². The molecule has 3 rings (SSSR count). The van der Waals surface area contributed by atoms with E-state index in [0.717, 1.165) is 49.1 Å². The van der Waals surface area contributed by atoms with Gasteiger partial charge in [-0.2, -0.15) is 0 Å². The molecule has 2 N–H and O–H groups in total. The van der Waals surface area contributed by atoms with Gasteiger partial charge in [0.2, 0.25) is 0 Å². The van der Waals surface area contributed by atoms with Gasteiger partial charge in [0, 0.05) is 24.5 Å². The summed E-state index contributed by atoms with van der Waals surface area (Å²) in [6.07, 6.45) is 2.26. The zero-order chi connectivity index (χ0) is 13.9. The maximum atomic E-state index is 12.0. The van der Waals surface area contributed by atoms with Gasteiger partial charge in [-0.3, -0.25) is 4.79 Å². The van der Waals surface area contributed by atoms with Crippen LogP contribution in [0.5, 0.6) is 0 Å². The van der Waals surface area contributed by atoms with Crippen molar-refractivity contribution in [3.05, 3.63) is 40.7 Å². The maximum Gasteiger partial charge on any atom is 0.257 e. The third kappa shape index (κ3) is 2.70. The van der Waals surface area contributed by atoms with E-state index in [1.54, 1.807) is 0 Å². The zero-order valence-electron chi connectivity index (χ0n) is 11.9. The molecule has 0 unspecified atom stereocenters. The molecule has 1 aliphatic heterocycles. The van der Waals surface area contributed by atoms with Crippen LogP contribution in [-0.4, -0.2) is 35.6 Å². The number of rotatable bonds is 3. The van der Waals surface area contributed by atoms with Gasteiger partial charge in [0.25, 0.3) is 5.56 Å². The molecule has 1 aromatic heterocycles. The van der Waals surface area contributed by atoms with Gasteiger partial charge in [-0.25, -0.2) is 0 Å². The van der Waals surface area contributed by atoms with Gasteiger partial charge in [-0.1, -0.05) is 25.1 Å². The molecule has 1 aliphatic rings. The lowest BCUT2D eigenvalue weighted by molar-refractivity contribution is 0.229. The number of H-pyrrole nitrogens is 1. The predicted molar refractivity (Wildman–Crippen MR) is 83.3 cm³/mol. The van der Waals surface area contributed by atoms with E-state index in [1.807, 2.05) is 30.3 Å². The molecule has 2 heterocycles. The van der Waals surface area contributed by atoms with E-state index in [4.69, 9.17) is 0 Å². The Morgan fingerprint density at radius 1 is 1.30 bits per heavy atom. The highest BCUT2D eigenvalue weighted by molar-refractivity contribution is 5.83. The van der Waals surface area contributed by atoms with Crippen molar-refractivity contribution < 1.29 is 0 Å². The summed E-state index contributed by atoms with van der Waals surface area (Å²) in [4.78, 5) is 17.4. The van der Waals surface area contributed by atoms with E-state index < -0.39 is 0 Å². The fourth-order valence-electron chi connectivity index (χ4n) is 2.90. The SMILES string of the molecule is CCN1CCC(Nc2cc3ccccc3c(=O)[nH]2)CC1. The van der Waals surface area contributed by atoms with E-state index in [0.29, 0.717) is 6.04 Å². The molecule has 0 amide bonds. The number of fused-ring (bicyclic) bond motifs is 1. The van der Waals surface area contributed by atoms with Crippen molar-refractivity contribution in [3.8, 4) is 0 Å². The first-order chi connectivity index (χ1) is 9.76. The molecular formula is C16H21N3O. The monoisotopic (exact) mass is 271 g/mol. The average Bonchev–Trinajstić information content (AvgIpc) is 2.48. The van der Waals surface area contributed by atoms with Crippen LogP contribution in [0.15, 0.2) is 35.1 Å². The first-order valence-electron chi connectivity index (χ1n) is 7.37. The van der Waals surface area contributed by atoms with Crippen LogP contribution in [0.1, 0.15) is 19.8 Å². The Hall–Kier alpha value is -1.81. The minimum atomic E-state index is -0.0170. The van der Waals surface area contributed by atoms with Gasteiger partial charge in [0.15, 0.2) is 0 Å². The van der Waals surface area contributed by atoms with Crippen LogP contribution in [0, 0.1) is 0 Å². The minimum absolute atomic E-state index is 0.0170. The quantitative estimate of drug-likeness (QED) is 0.901. The molecule has 4 nitrogen and oxygen atoms in total. The Balaban J connectivity index is 1.77. The average molecular weight is 271 g/mol. The molecule has 2 aromatic rings. The van der Waals surface area contributed by atoms with Gasteiger partial charge in [-0.15, -0.1) is 0 Å².